The van der Waals surface area contributed by atoms with E-state index in [1.807, 2.05) is 18.4 Å². The molecule has 21 heavy (non-hydrogen) atoms. The molecule has 0 saturated carbocycles. The first-order chi connectivity index (χ1) is 10.2. The molecule has 2 rings (SSSR count). The van der Waals surface area contributed by atoms with Gasteiger partial charge in [0.2, 0.25) is 5.95 Å². The Morgan fingerprint density at radius 2 is 2.00 bits per heavy atom. The van der Waals surface area contributed by atoms with Crippen LogP contribution in [0.1, 0.15) is 26.7 Å². The number of fused-ring (bicyclic) bond motifs is 1. The van der Waals surface area contributed by atoms with Crippen LogP contribution in [0.3, 0.4) is 0 Å². The second-order valence-corrected chi connectivity index (χ2v) is 5.93. The zero-order valence-corrected chi connectivity index (χ0v) is 13.2. The summed E-state index contributed by atoms with van der Waals surface area (Å²) in [4.78, 5) is 9.84. The molecular weight excluding hydrogens is 288 g/mol. The lowest BCUT2D eigenvalue weighted by Gasteiger charge is -2.30. The lowest BCUT2D eigenvalue weighted by molar-refractivity contribution is 0.132. The minimum absolute atomic E-state index is 0.159. The first kappa shape index (κ1) is 15.9. The molecule has 0 aliphatic heterocycles. The smallest absolute Gasteiger partial charge is 0.226 e. The van der Waals surface area contributed by atoms with Gasteiger partial charge in [-0.1, -0.05) is 13.8 Å². The maximum atomic E-state index is 9.59. The van der Waals surface area contributed by atoms with Crippen molar-refractivity contribution in [1.82, 2.24) is 9.97 Å². The van der Waals surface area contributed by atoms with Gasteiger partial charge in [-0.25, -0.2) is 4.98 Å². The van der Waals surface area contributed by atoms with E-state index < -0.39 is 5.54 Å². The van der Waals surface area contributed by atoms with Crippen molar-refractivity contribution in [3.63, 3.8) is 0 Å². The number of thiophene rings is 1. The van der Waals surface area contributed by atoms with Crippen LogP contribution in [0.5, 0.6) is 0 Å². The van der Waals surface area contributed by atoms with Gasteiger partial charge in [0.25, 0.3) is 0 Å². The highest BCUT2D eigenvalue weighted by molar-refractivity contribution is 7.16. The van der Waals surface area contributed by atoms with Gasteiger partial charge in [-0.15, -0.1) is 11.3 Å². The molecule has 116 valence electrons. The van der Waals surface area contributed by atoms with E-state index in [4.69, 9.17) is 0 Å². The molecule has 0 aliphatic carbocycles. The number of aliphatic hydroxyl groups is 2. The van der Waals surface area contributed by atoms with Gasteiger partial charge >= 0.3 is 0 Å². The maximum absolute atomic E-state index is 9.59. The fraction of sp³-hybridized carbons (Fsp3) is 0.571. The van der Waals surface area contributed by atoms with Crippen LogP contribution in [0, 0.1) is 0 Å². The molecule has 0 bridgehead atoms. The summed E-state index contributed by atoms with van der Waals surface area (Å²) in [6.07, 6.45) is 1.58. The van der Waals surface area contributed by atoms with Crippen molar-refractivity contribution in [1.29, 1.82) is 0 Å². The van der Waals surface area contributed by atoms with Crippen LogP contribution in [0.25, 0.3) is 10.2 Å². The maximum Gasteiger partial charge on any atom is 0.226 e. The second-order valence-electron chi connectivity index (χ2n) is 5.04. The highest BCUT2D eigenvalue weighted by Crippen LogP contribution is 2.29. The number of hydrogen-bond donors (Lipinski definition) is 4. The highest BCUT2D eigenvalue weighted by Gasteiger charge is 2.28. The van der Waals surface area contributed by atoms with Gasteiger partial charge in [-0.2, -0.15) is 4.98 Å². The van der Waals surface area contributed by atoms with E-state index in [2.05, 4.69) is 27.5 Å². The number of nitrogens with one attached hydrogen (secondary N) is 2. The third-order valence-electron chi connectivity index (χ3n) is 3.52. The number of anilines is 2. The molecule has 0 aliphatic rings. The third-order valence-corrected chi connectivity index (χ3v) is 4.33. The van der Waals surface area contributed by atoms with Crippen molar-refractivity contribution in [3.05, 3.63) is 11.4 Å². The summed E-state index contributed by atoms with van der Waals surface area (Å²) >= 11 is 1.54. The number of nitrogens with zero attached hydrogens (tertiary/aromatic N) is 2. The summed E-state index contributed by atoms with van der Waals surface area (Å²) in [7, 11) is 0. The lowest BCUT2D eigenvalue weighted by Crippen LogP contribution is -2.45. The van der Waals surface area contributed by atoms with Crippen LogP contribution in [-0.4, -0.2) is 45.5 Å². The number of aromatic nitrogens is 2. The van der Waals surface area contributed by atoms with Crippen molar-refractivity contribution >= 4 is 33.3 Å². The average Bonchev–Trinajstić information content (AvgIpc) is 2.99. The highest BCUT2D eigenvalue weighted by atomic mass is 32.1. The zero-order valence-electron chi connectivity index (χ0n) is 12.4. The molecule has 4 N–H and O–H groups in total. The summed E-state index contributed by atoms with van der Waals surface area (Å²) in [6, 6.07) is 1.95. The van der Waals surface area contributed by atoms with Crippen molar-refractivity contribution in [2.75, 3.05) is 30.4 Å². The Balaban J connectivity index is 2.38. The topological polar surface area (TPSA) is 90.3 Å². The molecule has 0 unspecified atom stereocenters. The normalized spacial score (nSPS) is 11.8. The van der Waals surface area contributed by atoms with Gasteiger partial charge in [0.15, 0.2) is 0 Å². The summed E-state index contributed by atoms with van der Waals surface area (Å²) in [5, 5.41) is 28.4. The number of aliphatic hydroxyl groups excluding tert-OH is 2. The Labute approximate surface area is 128 Å². The Bertz CT molecular complexity index is 575. The third kappa shape index (κ3) is 3.42. The average molecular weight is 310 g/mol. The van der Waals surface area contributed by atoms with Crippen LogP contribution in [0.4, 0.5) is 11.8 Å². The standard InChI is InChI=1S/C14H22N4O2S/c1-3-6-15-13-16-11(10-5-7-21-12(10)17-13)18-14(4-2,8-19)9-20/h5,7,19-20H,3-4,6,8-9H2,1-2H3,(H2,15,16,17,18). The predicted molar refractivity (Wildman–Crippen MR) is 87.0 cm³/mol. The molecule has 0 fully saturated rings. The summed E-state index contributed by atoms with van der Waals surface area (Å²) < 4.78 is 0. The van der Waals surface area contributed by atoms with Gasteiger partial charge in [-0.05, 0) is 24.3 Å². The van der Waals surface area contributed by atoms with Crippen LogP contribution in [0.2, 0.25) is 0 Å². The van der Waals surface area contributed by atoms with Gasteiger partial charge in [0, 0.05) is 6.54 Å². The minimum Gasteiger partial charge on any atom is -0.394 e. The van der Waals surface area contributed by atoms with E-state index in [-0.39, 0.29) is 13.2 Å². The number of rotatable bonds is 8. The molecule has 0 spiro atoms. The molecule has 0 aromatic carbocycles. The van der Waals surface area contributed by atoms with Crippen LogP contribution < -0.4 is 10.6 Å². The van der Waals surface area contributed by atoms with Crippen molar-refractivity contribution in [2.45, 2.75) is 32.2 Å². The van der Waals surface area contributed by atoms with E-state index in [1.54, 1.807) is 11.3 Å². The Kier molecular flexibility index (Phi) is 5.33. The molecule has 2 aromatic rings. The fourth-order valence-electron chi connectivity index (χ4n) is 1.96. The molecular formula is C14H22N4O2S. The quantitative estimate of drug-likeness (QED) is 0.597. The van der Waals surface area contributed by atoms with E-state index in [0.717, 1.165) is 23.2 Å². The van der Waals surface area contributed by atoms with E-state index in [1.165, 1.54) is 0 Å². The predicted octanol–water partition coefficient (Wildman–Crippen LogP) is 2.06. The van der Waals surface area contributed by atoms with Crippen LogP contribution in [-0.2, 0) is 0 Å². The van der Waals surface area contributed by atoms with Gasteiger partial charge in [0.1, 0.15) is 10.6 Å². The largest absolute Gasteiger partial charge is 0.394 e. The molecule has 0 amide bonds. The Morgan fingerprint density at radius 1 is 1.24 bits per heavy atom. The van der Waals surface area contributed by atoms with Crippen molar-refractivity contribution in [3.8, 4) is 0 Å². The molecule has 0 saturated heterocycles. The molecule has 2 heterocycles. The minimum atomic E-state index is -0.773. The van der Waals surface area contributed by atoms with E-state index >= 15 is 0 Å². The number of hydrogen-bond acceptors (Lipinski definition) is 7. The fourth-order valence-corrected chi connectivity index (χ4v) is 2.72. The first-order valence-electron chi connectivity index (χ1n) is 7.17. The molecule has 0 atom stereocenters. The van der Waals surface area contributed by atoms with Crippen LogP contribution in [0.15, 0.2) is 11.4 Å². The van der Waals surface area contributed by atoms with Crippen LogP contribution >= 0.6 is 11.3 Å². The summed E-state index contributed by atoms with van der Waals surface area (Å²) in [6.45, 7) is 4.48. The molecule has 2 aromatic heterocycles. The summed E-state index contributed by atoms with van der Waals surface area (Å²) in [5.74, 6) is 1.21. The lowest BCUT2D eigenvalue weighted by atomic mass is 9.98. The summed E-state index contributed by atoms with van der Waals surface area (Å²) in [5.41, 5.74) is -0.773. The van der Waals surface area contributed by atoms with Gasteiger partial charge < -0.3 is 20.8 Å². The zero-order chi connectivity index (χ0) is 15.3. The molecule has 6 nitrogen and oxygen atoms in total. The Morgan fingerprint density at radius 3 is 2.62 bits per heavy atom. The van der Waals surface area contributed by atoms with Crippen molar-refractivity contribution < 1.29 is 10.2 Å². The SMILES string of the molecule is CCCNc1nc(NC(CC)(CO)CO)c2ccsc2n1. The van der Waals surface area contributed by atoms with Gasteiger partial charge in [-0.3, -0.25) is 0 Å². The molecule has 7 heteroatoms. The van der Waals surface area contributed by atoms with Crippen molar-refractivity contribution in [2.24, 2.45) is 0 Å². The monoisotopic (exact) mass is 310 g/mol. The Hall–Kier alpha value is -1.44. The molecule has 0 radical (unpaired) electrons. The van der Waals surface area contributed by atoms with E-state index in [0.29, 0.717) is 18.2 Å². The van der Waals surface area contributed by atoms with Gasteiger partial charge in [0.05, 0.1) is 24.1 Å². The van der Waals surface area contributed by atoms with E-state index in [9.17, 15) is 10.2 Å². The first-order valence-corrected chi connectivity index (χ1v) is 8.05. The second kappa shape index (κ2) is 7.02.